The van der Waals surface area contributed by atoms with Crippen LogP contribution in [0, 0.1) is 0 Å². The zero-order valence-electron chi connectivity index (χ0n) is 11.0. The molecule has 0 unspecified atom stereocenters. The molecule has 1 saturated heterocycles. The molecule has 98 valence electrons. The van der Waals surface area contributed by atoms with E-state index in [1.165, 1.54) is 0 Å². The number of piperazine rings is 1. The number of benzene rings is 1. The Morgan fingerprint density at radius 3 is 2.17 bits per heavy atom. The highest BCUT2D eigenvalue weighted by atomic mass is 16.3. The van der Waals surface area contributed by atoms with E-state index in [1.54, 1.807) is 13.8 Å². The van der Waals surface area contributed by atoms with Gasteiger partial charge in [-0.25, -0.2) is 0 Å². The number of aliphatic hydroxyl groups excluding tert-OH is 1. The van der Waals surface area contributed by atoms with Gasteiger partial charge in [0.1, 0.15) is 0 Å². The van der Waals surface area contributed by atoms with Crippen molar-refractivity contribution in [3.05, 3.63) is 29.8 Å². The van der Waals surface area contributed by atoms with Crippen molar-refractivity contribution in [2.75, 3.05) is 31.1 Å². The summed E-state index contributed by atoms with van der Waals surface area (Å²) in [5, 5.41) is 9.46. The monoisotopic (exact) mass is 248 g/mol. The van der Waals surface area contributed by atoms with Gasteiger partial charge in [-0.3, -0.25) is 4.79 Å². The lowest BCUT2D eigenvalue weighted by Gasteiger charge is -2.35. The molecule has 1 aliphatic rings. The number of amides is 1. The van der Waals surface area contributed by atoms with Gasteiger partial charge >= 0.3 is 0 Å². The second-order valence-corrected chi connectivity index (χ2v) is 4.76. The van der Waals surface area contributed by atoms with E-state index in [1.807, 2.05) is 29.2 Å². The second kappa shape index (κ2) is 5.40. The van der Waals surface area contributed by atoms with Gasteiger partial charge in [0.25, 0.3) is 0 Å². The highest BCUT2D eigenvalue weighted by molar-refractivity contribution is 5.73. The first-order chi connectivity index (χ1) is 8.58. The summed E-state index contributed by atoms with van der Waals surface area (Å²) < 4.78 is 0. The third-order valence-corrected chi connectivity index (χ3v) is 3.47. The van der Waals surface area contributed by atoms with Crippen LogP contribution in [0.1, 0.15) is 25.5 Å². The number of carbonyl (C=O) groups is 1. The molecule has 0 radical (unpaired) electrons. The molecule has 1 aromatic rings. The molecule has 2 rings (SSSR count). The van der Waals surface area contributed by atoms with E-state index in [0.29, 0.717) is 0 Å². The maximum absolute atomic E-state index is 11.2. The third-order valence-electron chi connectivity index (χ3n) is 3.47. The summed E-state index contributed by atoms with van der Waals surface area (Å²) in [5.74, 6) is 0.152. The smallest absolute Gasteiger partial charge is 0.219 e. The van der Waals surface area contributed by atoms with Crippen molar-refractivity contribution < 1.29 is 9.90 Å². The number of anilines is 1. The van der Waals surface area contributed by atoms with Crippen LogP contribution >= 0.6 is 0 Å². The maximum Gasteiger partial charge on any atom is 0.219 e. The van der Waals surface area contributed by atoms with Crippen molar-refractivity contribution in [3.8, 4) is 0 Å². The van der Waals surface area contributed by atoms with Crippen molar-refractivity contribution in [2.45, 2.75) is 20.0 Å². The SMILES string of the molecule is CC(=O)N1CCN(c2ccc([C@H](C)O)cc2)CC1. The second-order valence-electron chi connectivity index (χ2n) is 4.76. The van der Waals surface area contributed by atoms with Crippen molar-refractivity contribution >= 4 is 11.6 Å². The van der Waals surface area contributed by atoms with Gasteiger partial charge in [0.15, 0.2) is 0 Å². The zero-order valence-corrected chi connectivity index (χ0v) is 11.0. The standard InChI is InChI=1S/C14H20N2O2/c1-11(17)13-3-5-14(6-4-13)16-9-7-15(8-10-16)12(2)18/h3-6,11,17H,7-10H2,1-2H3/t11-/m0/s1. The van der Waals surface area contributed by atoms with Gasteiger partial charge in [-0.2, -0.15) is 0 Å². The summed E-state index contributed by atoms with van der Waals surface area (Å²) >= 11 is 0. The van der Waals surface area contributed by atoms with Crippen LogP contribution in [-0.4, -0.2) is 42.1 Å². The minimum absolute atomic E-state index is 0.152. The fourth-order valence-corrected chi connectivity index (χ4v) is 2.24. The molecular formula is C14H20N2O2. The average Bonchev–Trinajstić information content (AvgIpc) is 2.39. The molecule has 1 aromatic carbocycles. The lowest BCUT2D eigenvalue weighted by atomic mass is 10.1. The van der Waals surface area contributed by atoms with E-state index < -0.39 is 6.10 Å². The van der Waals surface area contributed by atoms with E-state index in [-0.39, 0.29) is 5.91 Å². The third kappa shape index (κ3) is 2.82. The molecule has 0 aliphatic carbocycles. The van der Waals surface area contributed by atoms with Crippen molar-refractivity contribution in [3.63, 3.8) is 0 Å². The summed E-state index contributed by atoms with van der Waals surface area (Å²) in [4.78, 5) is 15.4. The Morgan fingerprint density at radius 2 is 1.72 bits per heavy atom. The molecule has 0 bridgehead atoms. The van der Waals surface area contributed by atoms with E-state index >= 15 is 0 Å². The molecule has 0 spiro atoms. The van der Waals surface area contributed by atoms with Gasteiger partial charge in [-0.15, -0.1) is 0 Å². The van der Waals surface area contributed by atoms with Crippen LogP contribution in [0.15, 0.2) is 24.3 Å². The number of carbonyl (C=O) groups excluding carboxylic acids is 1. The first-order valence-corrected chi connectivity index (χ1v) is 6.36. The highest BCUT2D eigenvalue weighted by Gasteiger charge is 2.18. The Labute approximate surface area is 108 Å². The van der Waals surface area contributed by atoms with Gasteiger partial charge in [-0.05, 0) is 24.6 Å². The Kier molecular flexibility index (Phi) is 3.87. The number of rotatable bonds is 2. The Morgan fingerprint density at radius 1 is 1.17 bits per heavy atom. The predicted octanol–water partition coefficient (Wildman–Crippen LogP) is 1.41. The van der Waals surface area contributed by atoms with Crippen LogP contribution in [0.4, 0.5) is 5.69 Å². The normalized spacial score (nSPS) is 17.7. The molecular weight excluding hydrogens is 228 g/mol. The minimum atomic E-state index is -0.423. The van der Waals surface area contributed by atoms with E-state index in [2.05, 4.69) is 4.90 Å². The molecule has 1 N–H and O–H groups in total. The van der Waals surface area contributed by atoms with Crippen LogP contribution in [-0.2, 0) is 4.79 Å². The number of aliphatic hydroxyl groups is 1. The van der Waals surface area contributed by atoms with Gasteiger partial charge in [0.2, 0.25) is 5.91 Å². The molecule has 4 nitrogen and oxygen atoms in total. The molecule has 1 atom stereocenters. The molecule has 4 heteroatoms. The van der Waals surface area contributed by atoms with Gasteiger partial charge in [0.05, 0.1) is 6.10 Å². The fraction of sp³-hybridized carbons (Fsp3) is 0.500. The quantitative estimate of drug-likeness (QED) is 0.860. The molecule has 0 saturated carbocycles. The number of hydrogen-bond donors (Lipinski definition) is 1. The largest absolute Gasteiger partial charge is 0.389 e. The van der Waals surface area contributed by atoms with Crippen LogP contribution in [0.3, 0.4) is 0 Å². The molecule has 1 aliphatic heterocycles. The Hall–Kier alpha value is -1.55. The first-order valence-electron chi connectivity index (χ1n) is 6.36. The first kappa shape index (κ1) is 12.9. The summed E-state index contributed by atoms with van der Waals surface area (Å²) in [6, 6.07) is 7.98. The van der Waals surface area contributed by atoms with Crippen molar-refractivity contribution in [1.29, 1.82) is 0 Å². The molecule has 18 heavy (non-hydrogen) atoms. The summed E-state index contributed by atoms with van der Waals surface area (Å²) in [7, 11) is 0. The molecule has 0 aromatic heterocycles. The highest BCUT2D eigenvalue weighted by Crippen LogP contribution is 2.20. The minimum Gasteiger partial charge on any atom is -0.389 e. The Balaban J connectivity index is 1.99. The average molecular weight is 248 g/mol. The van der Waals surface area contributed by atoms with E-state index in [9.17, 15) is 9.90 Å². The summed E-state index contributed by atoms with van der Waals surface area (Å²) in [6.45, 7) is 6.69. The van der Waals surface area contributed by atoms with Crippen LogP contribution in [0.5, 0.6) is 0 Å². The van der Waals surface area contributed by atoms with Gasteiger partial charge in [0, 0.05) is 38.8 Å². The lowest BCUT2D eigenvalue weighted by Crippen LogP contribution is -2.48. The number of nitrogens with zero attached hydrogens (tertiary/aromatic N) is 2. The lowest BCUT2D eigenvalue weighted by molar-refractivity contribution is -0.129. The fourth-order valence-electron chi connectivity index (χ4n) is 2.24. The number of hydrogen-bond acceptors (Lipinski definition) is 3. The van der Waals surface area contributed by atoms with Crippen LogP contribution in [0.2, 0.25) is 0 Å². The topological polar surface area (TPSA) is 43.8 Å². The van der Waals surface area contributed by atoms with E-state index in [0.717, 1.165) is 37.4 Å². The van der Waals surface area contributed by atoms with Crippen LogP contribution in [0.25, 0.3) is 0 Å². The summed E-state index contributed by atoms with van der Waals surface area (Å²) in [5.41, 5.74) is 2.09. The van der Waals surface area contributed by atoms with E-state index in [4.69, 9.17) is 0 Å². The van der Waals surface area contributed by atoms with Crippen LogP contribution < -0.4 is 4.90 Å². The zero-order chi connectivity index (χ0) is 13.1. The van der Waals surface area contributed by atoms with Gasteiger partial charge in [-0.1, -0.05) is 12.1 Å². The predicted molar refractivity (Wildman–Crippen MR) is 71.5 cm³/mol. The van der Waals surface area contributed by atoms with Gasteiger partial charge < -0.3 is 14.9 Å². The van der Waals surface area contributed by atoms with Crippen molar-refractivity contribution in [1.82, 2.24) is 4.90 Å². The molecule has 1 amide bonds. The maximum atomic E-state index is 11.2. The molecule has 1 fully saturated rings. The van der Waals surface area contributed by atoms with Crippen molar-refractivity contribution in [2.24, 2.45) is 0 Å². The summed E-state index contributed by atoms with van der Waals surface area (Å²) in [6.07, 6.45) is -0.423. The Bertz CT molecular complexity index is 406. The molecule has 1 heterocycles.